The van der Waals surface area contributed by atoms with E-state index in [2.05, 4.69) is 20.0 Å². The molecule has 0 N–H and O–H groups in total. The molecule has 0 atom stereocenters. The van der Waals surface area contributed by atoms with Crippen molar-refractivity contribution in [2.24, 2.45) is 14.1 Å². The van der Waals surface area contributed by atoms with Gasteiger partial charge in [0.05, 0.1) is 6.33 Å². The van der Waals surface area contributed by atoms with E-state index in [1.165, 1.54) is 30.9 Å². The molecule has 0 spiro atoms. The van der Waals surface area contributed by atoms with Crippen LogP contribution in [-0.2, 0) is 33.5 Å². The average Bonchev–Trinajstić information content (AvgIpc) is 3.37. The first kappa shape index (κ1) is 19.6. The highest BCUT2D eigenvalue weighted by Crippen LogP contribution is 2.11. The Bertz CT molecular complexity index is 1100. The highest BCUT2D eigenvalue weighted by molar-refractivity contribution is 5.69. The summed E-state index contributed by atoms with van der Waals surface area (Å²) in [5, 5.41) is 4.08. The van der Waals surface area contributed by atoms with Crippen molar-refractivity contribution < 1.29 is 4.52 Å². The fraction of sp³-hybridized carbons (Fsp3) is 0.632. The summed E-state index contributed by atoms with van der Waals surface area (Å²) in [6.07, 6.45) is 7.65. The minimum absolute atomic E-state index is 0.333. The molecule has 0 radical (unpaired) electrons. The molecule has 0 aliphatic carbocycles. The molecule has 1 aliphatic rings. The first-order valence-electron chi connectivity index (χ1n) is 10.2. The maximum Gasteiger partial charge on any atom is 0.332 e. The smallest absolute Gasteiger partial charge is 0.332 e. The van der Waals surface area contributed by atoms with Crippen LogP contribution < -0.4 is 11.2 Å². The third-order valence-electron chi connectivity index (χ3n) is 5.62. The van der Waals surface area contributed by atoms with Gasteiger partial charge in [-0.1, -0.05) is 11.6 Å². The molecule has 1 saturated heterocycles. The molecule has 0 saturated carbocycles. The molecule has 4 rings (SSSR count). The fourth-order valence-electron chi connectivity index (χ4n) is 3.90. The van der Waals surface area contributed by atoms with Crippen molar-refractivity contribution in [1.29, 1.82) is 0 Å². The van der Waals surface area contributed by atoms with Gasteiger partial charge in [0.2, 0.25) is 5.89 Å². The largest absolute Gasteiger partial charge is 0.339 e. The number of rotatable bonds is 7. The molecule has 1 fully saturated rings. The summed E-state index contributed by atoms with van der Waals surface area (Å²) in [5.74, 6) is 1.37. The molecule has 0 bridgehead atoms. The molecule has 29 heavy (non-hydrogen) atoms. The molecule has 0 amide bonds. The molecule has 10 heteroatoms. The number of hydrogen-bond donors (Lipinski definition) is 0. The van der Waals surface area contributed by atoms with Gasteiger partial charge in [-0.05, 0) is 32.4 Å². The number of piperidine rings is 1. The number of aromatic nitrogens is 6. The molecular weight excluding hydrogens is 374 g/mol. The van der Waals surface area contributed by atoms with Gasteiger partial charge in [0, 0.05) is 40.0 Å². The highest BCUT2D eigenvalue weighted by atomic mass is 16.5. The van der Waals surface area contributed by atoms with Crippen LogP contribution in [0.25, 0.3) is 11.2 Å². The number of hydrogen-bond acceptors (Lipinski definition) is 7. The van der Waals surface area contributed by atoms with E-state index in [9.17, 15) is 9.59 Å². The third-order valence-corrected chi connectivity index (χ3v) is 5.62. The Balaban J connectivity index is 1.36. The van der Waals surface area contributed by atoms with Crippen molar-refractivity contribution in [3.63, 3.8) is 0 Å². The zero-order chi connectivity index (χ0) is 20.4. The maximum atomic E-state index is 12.5. The summed E-state index contributed by atoms with van der Waals surface area (Å²) in [6.45, 7) is 3.86. The Morgan fingerprint density at radius 1 is 1.03 bits per heavy atom. The molecule has 0 unspecified atom stereocenters. The van der Waals surface area contributed by atoms with Crippen molar-refractivity contribution in [1.82, 2.24) is 33.7 Å². The minimum Gasteiger partial charge on any atom is -0.339 e. The second-order valence-corrected chi connectivity index (χ2v) is 7.68. The minimum atomic E-state index is -0.378. The zero-order valence-corrected chi connectivity index (χ0v) is 17.0. The van der Waals surface area contributed by atoms with Crippen LogP contribution in [0.4, 0.5) is 0 Å². The molecule has 1 aliphatic heterocycles. The van der Waals surface area contributed by atoms with Crippen molar-refractivity contribution in [3.8, 4) is 0 Å². The van der Waals surface area contributed by atoms with Crippen LogP contribution in [0.2, 0.25) is 0 Å². The topological polar surface area (TPSA) is 104 Å². The molecule has 0 aromatic carbocycles. The van der Waals surface area contributed by atoms with Gasteiger partial charge in [0.25, 0.3) is 5.56 Å². The number of fused-ring (bicyclic) bond motifs is 1. The number of likely N-dealkylation sites (tertiary alicyclic amines) is 1. The van der Waals surface area contributed by atoms with Crippen LogP contribution in [-0.4, -0.2) is 53.4 Å². The van der Waals surface area contributed by atoms with Gasteiger partial charge in [0.15, 0.2) is 17.0 Å². The van der Waals surface area contributed by atoms with E-state index in [4.69, 9.17) is 4.52 Å². The Kier molecular flexibility index (Phi) is 5.61. The van der Waals surface area contributed by atoms with E-state index in [1.54, 1.807) is 17.9 Å². The van der Waals surface area contributed by atoms with Crippen LogP contribution >= 0.6 is 0 Å². The van der Waals surface area contributed by atoms with E-state index in [-0.39, 0.29) is 11.2 Å². The van der Waals surface area contributed by atoms with E-state index in [0.29, 0.717) is 35.8 Å². The van der Waals surface area contributed by atoms with Gasteiger partial charge in [0.1, 0.15) is 0 Å². The normalized spacial score (nSPS) is 15.4. The molecule has 4 heterocycles. The van der Waals surface area contributed by atoms with Gasteiger partial charge in [-0.3, -0.25) is 13.9 Å². The van der Waals surface area contributed by atoms with Crippen LogP contribution in [0.15, 0.2) is 20.4 Å². The third kappa shape index (κ3) is 4.02. The summed E-state index contributed by atoms with van der Waals surface area (Å²) in [6, 6.07) is 0. The van der Waals surface area contributed by atoms with E-state index < -0.39 is 0 Å². The average molecular weight is 401 g/mol. The summed E-state index contributed by atoms with van der Waals surface area (Å²) in [5.41, 5.74) is 0.124. The second-order valence-electron chi connectivity index (χ2n) is 7.68. The zero-order valence-electron chi connectivity index (χ0n) is 17.0. The van der Waals surface area contributed by atoms with Crippen LogP contribution in [0.5, 0.6) is 0 Å². The van der Waals surface area contributed by atoms with E-state index in [1.807, 2.05) is 0 Å². The summed E-state index contributed by atoms with van der Waals surface area (Å²) < 4.78 is 9.66. The summed E-state index contributed by atoms with van der Waals surface area (Å²) >= 11 is 0. The molecule has 10 nitrogen and oxygen atoms in total. The Morgan fingerprint density at radius 2 is 1.83 bits per heavy atom. The highest BCUT2D eigenvalue weighted by Gasteiger charge is 2.15. The lowest BCUT2D eigenvalue weighted by Gasteiger charge is -2.25. The monoisotopic (exact) mass is 401 g/mol. The molecule has 3 aromatic heterocycles. The lowest BCUT2D eigenvalue weighted by Crippen LogP contribution is -2.37. The summed E-state index contributed by atoms with van der Waals surface area (Å²) in [7, 11) is 3.10. The van der Waals surface area contributed by atoms with Crippen molar-refractivity contribution >= 4 is 11.2 Å². The van der Waals surface area contributed by atoms with E-state index in [0.717, 1.165) is 37.0 Å². The van der Waals surface area contributed by atoms with Crippen molar-refractivity contribution in [2.45, 2.75) is 45.1 Å². The second kappa shape index (κ2) is 8.32. The number of aryl methyl sites for hydroxylation is 3. The molecule has 3 aromatic rings. The van der Waals surface area contributed by atoms with Gasteiger partial charge in [-0.2, -0.15) is 4.98 Å². The first-order chi connectivity index (χ1) is 14.0. The van der Waals surface area contributed by atoms with Gasteiger partial charge >= 0.3 is 5.69 Å². The Morgan fingerprint density at radius 3 is 2.62 bits per heavy atom. The molecule has 156 valence electrons. The number of imidazole rings is 1. The molecular formula is C19H27N7O3. The fourth-order valence-corrected chi connectivity index (χ4v) is 3.90. The predicted molar refractivity (Wildman–Crippen MR) is 107 cm³/mol. The Hall–Kier alpha value is -2.75. The first-order valence-corrected chi connectivity index (χ1v) is 10.2. The van der Waals surface area contributed by atoms with Crippen LogP contribution in [0.1, 0.15) is 37.4 Å². The maximum absolute atomic E-state index is 12.5. The van der Waals surface area contributed by atoms with Gasteiger partial charge < -0.3 is 14.0 Å². The van der Waals surface area contributed by atoms with Crippen molar-refractivity contribution in [3.05, 3.63) is 38.9 Å². The van der Waals surface area contributed by atoms with Crippen LogP contribution in [0, 0.1) is 0 Å². The quantitative estimate of drug-likeness (QED) is 0.567. The van der Waals surface area contributed by atoms with Crippen molar-refractivity contribution in [2.75, 3.05) is 19.6 Å². The summed E-state index contributed by atoms with van der Waals surface area (Å²) in [4.78, 5) is 35.7. The van der Waals surface area contributed by atoms with E-state index >= 15 is 0 Å². The number of nitrogens with zero attached hydrogens (tertiary/aromatic N) is 7. The van der Waals surface area contributed by atoms with Crippen LogP contribution in [0.3, 0.4) is 0 Å². The van der Waals surface area contributed by atoms with Gasteiger partial charge in [-0.25, -0.2) is 9.78 Å². The lowest BCUT2D eigenvalue weighted by atomic mass is 10.1. The standard InChI is InChI=1S/C19H27N7O3/c1-23-17-16(18(27)24(2)19(23)28)26(13-20-17)11-6-7-14-21-15(29-22-14)8-12-25-9-4-3-5-10-25/h13H,3-12H2,1-2H3. The SMILES string of the molecule is Cn1c(=O)c2c(ncn2CCCc2noc(CCN3CCCCC3)n2)n(C)c1=O. The predicted octanol–water partition coefficient (Wildman–Crippen LogP) is 0.478. The van der Waals surface area contributed by atoms with Gasteiger partial charge in [-0.15, -0.1) is 0 Å². The lowest BCUT2D eigenvalue weighted by molar-refractivity contribution is 0.223. The Labute approximate surface area is 167 Å².